The van der Waals surface area contributed by atoms with Gasteiger partial charge < -0.3 is 5.32 Å². The van der Waals surface area contributed by atoms with Crippen molar-refractivity contribution < 1.29 is 22.8 Å². The summed E-state index contributed by atoms with van der Waals surface area (Å²) < 4.78 is 37.2. The topological polar surface area (TPSA) is 79.6 Å². The summed E-state index contributed by atoms with van der Waals surface area (Å²) in [5.74, 6) is -0.773. The van der Waals surface area contributed by atoms with E-state index in [1.807, 2.05) is 0 Å². The third kappa shape index (κ3) is 4.04. The number of hydrazone groups is 1. The number of anilines is 1. The van der Waals surface area contributed by atoms with Crippen molar-refractivity contribution >= 4 is 23.2 Å². The summed E-state index contributed by atoms with van der Waals surface area (Å²) in [5, 5.41) is 10.8. The minimum atomic E-state index is -4.39. The molecule has 0 atom stereocenters. The average Bonchev–Trinajstić information content (AvgIpc) is 2.77. The maximum Gasteiger partial charge on any atom is 0.408 e. The number of alkyl halides is 3. The van der Waals surface area contributed by atoms with E-state index in [1.165, 1.54) is 7.05 Å². The number of amides is 2. The zero-order valence-corrected chi connectivity index (χ0v) is 11.0. The first-order valence-electron chi connectivity index (χ1n) is 5.99. The fourth-order valence-corrected chi connectivity index (χ4v) is 1.73. The fourth-order valence-electron chi connectivity index (χ4n) is 1.73. The van der Waals surface area contributed by atoms with Crippen LogP contribution in [0.2, 0.25) is 0 Å². The van der Waals surface area contributed by atoms with Crippen molar-refractivity contribution in [3.63, 3.8) is 0 Å². The van der Waals surface area contributed by atoms with E-state index in [0.717, 1.165) is 17.4 Å². The predicted octanol–water partition coefficient (Wildman–Crippen LogP) is 0.992. The highest BCUT2D eigenvalue weighted by Gasteiger charge is 2.28. The Kier molecular flexibility index (Phi) is 3.96. The lowest BCUT2D eigenvalue weighted by Gasteiger charge is -2.18. The minimum absolute atomic E-state index is 0.131. The summed E-state index contributed by atoms with van der Waals surface area (Å²) in [4.78, 5) is 23.1. The molecule has 0 aromatic carbocycles. The van der Waals surface area contributed by atoms with Crippen LogP contribution in [0.4, 0.5) is 18.9 Å². The van der Waals surface area contributed by atoms with E-state index in [2.05, 4.69) is 15.5 Å². The van der Waals surface area contributed by atoms with Gasteiger partial charge in [0, 0.05) is 26.1 Å². The first kappa shape index (κ1) is 15.0. The molecule has 2 amide bonds. The Labute approximate surface area is 117 Å². The van der Waals surface area contributed by atoms with Crippen LogP contribution in [0, 0.1) is 0 Å². The second-order valence-corrected chi connectivity index (χ2v) is 4.46. The lowest BCUT2D eigenvalue weighted by atomic mass is 10.1. The third-order valence-electron chi connectivity index (χ3n) is 2.70. The van der Waals surface area contributed by atoms with Gasteiger partial charge in [0.05, 0.1) is 11.9 Å². The molecule has 1 aromatic rings. The van der Waals surface area contributed by atoms with E-state index in [0.29, 0.717) is 4.68 Å². The highest BCUT2D eigenvalue weighted by Crippen LogP contribution is 2.18. The number of hydrogen-bond acceptors (Lipinski definition) is 4. The van der Waals surface area contributed by atoms with Gasteiger partial charge in [-0.1, -0.05) is 0 Å². The molecule has 0 fully saturated rings. The zero-order valence-electron chi connectivity index (χ0n) is 11.0. The molecule has 0 bridgehead atoms. The van der Waals surface area contributed by atoms with Crippen LogP contribution in [0.25, 0.3) is 0 Å². The molecular formula is C11H12F3N5O2. The number of carbonyl (C=O) groups is 2. The molecule has 0 unspecified atom stereocenters. The molecule has 0 saturated heterocycles. The molecule has 1 N–H and O–H groups in total. The zero-order chi connectivity index (χ0) is 15.6. The summed E-state index contributed by atoms with van der Waals surface area (Å²) >= 11 is 0. The van der Waals surface area contributed by atoms with Crippen molar-refractivity contribution in [1.29, 1.82) is 0 Å². The molecule has 2 rings (SSSR count). The van der Waals surface area contributed by atoms with Crippen molar-refractivity contribution in [2.45, 2.75) is 25.6 Å². The molecule has 0 spiro atoms. The lowest BCUT2D eigenvalue weighted by Crippen LogP contribution is -2.34. The highest BCUT2D eigenvalue weighted by atomic mass is 19.4. The maximum atomic E-state index is 12.2. The van der Waals surface area contributed by atoms with Gasteiger partial charge in [-0.05, 0) is 0 Å². The smallest absolute Gasteiger partial charge is 0.318 e. The summed E-state index contributed by atoms with van der Waals surface area (Å²) in [6.45, 7) is -1.24. The molecule has 0 aliphatic carbocycles. The Morgan fingerprint density at radius 1 is 1.43 bits per heavy atom. The molecule has 0 radical (unpaired) electrons. The largest absolute Gasteiger partial charge is 0.408 e. The number of halogens is 3. The van der Waals surface area contributed by atoms with Crippen LogP contribution in [-0.2, 0) is 16.1 Å². The first-order chi connectivity index (χ1) is 9.74. The van der Waals surface area contributed by atoms with E-state index in [9.17, 15) is 22.8 Å². The van der Waals surface area contributed by atoms with Crippen molar-refractivity contribution in [3.8, 4) is 0 Å². The molecule has 1 aromatic heterocycles. The van der Waals surface area contributed by atoms with Gasteiger partial charge in [0.15, 0.2) is 0 Å². The number of rotatable bonds is 3. The molecule has 1 aliphatic rings. The number of nitrogens with zero attached hydrogens (tertiary/aromatic N) is 4. The fraction of sp³-hybridized carbons (Fsp3) is 0.455. The van der Waals surface area contributed by atoms with E-state index >= 15 is 0 Å². The molecule has 10 heteroatoms. The van der Waals surface area contributed by atoms with Crippen molar-refractivity contribution in [2.75, 3.05) is 12.4 Å². The minimum Gasteiger partial charge on any atom is -0.318 e. The monoisotopic (exact) mass is 303 g/mol. The summed E-state index contributed by atoms with van der Waals surface area (Å²) in [6, 6.07) is 0. The quantitative estimate of drug-likeness (QED) is 0.904. The summed E-state index contributed by atoms with van der Waals surface area (Å²) in [7, 11) is 1.43. The second-order valence-electron chi connectivity index (χ2n) is 4.46. The first-order valence-corrected chi connectivity index (χ1v) is 5.99. The molecule has 2 heterocycles. The Balaban J connectivity index is 2.00. The maximum absolute atomic E-state index is 12.2. The Bertz CT molecular complexity index is 593. The van der Waals surface area contributed by atoms with Crippen LogP contribution in [0.5, 0.6) is 0 Å². The highest BCUT2D eigenvalue weighted by molar-refractivity contribution is 6.43. The van der Waals surface area contributed by atoms with Crippen LogP contribution in [-0.4, -0.2) is 45.5 Å². The van der Waals surface area contributed by atoms with E-state index in [-0.39, 0.29) is 30.1 Å². The van der Waals surface area contributed by atoms with Crippen molar-refractivity contribution in [2.24, 2.45) is 5.10 Å². The van der Waals surface area contributed by atoms with Gasteiger partial charge in [-0.3, -0.25) is 14.3 Å². The average molecular weight is 303 g/mol. The van der Waals surface area contributed by atoms with Gasteiger partial charge in [0.25, 0.3) is 5.91 Å². The molecular weight excluding hydrogens is 291 g/mol. The standard InChI is InChI=1S/C11H12F3N5O2/c1-18-9(20)3-2-8(17-18)10(21)16-7-4-15-19(5-7)6-11(12,13)14/h4-5H,2-3,6H2,1H3,(H,16,21). The molecule has 0 saturated carbocycles. The van der Waals surface area contributed by atoms with Gasteiger partial charge in [0.2, 0.25) is 5.91 Å². The van der Waals surface area contributed by atoms with E-state index < -0.39 is 18.6 Å². The van der Waals surface area contributed by atoms with E-state index in [4.69, 9.17) is 0 Å². The molecule has 1 aliphatic heterocycles. The van der Waals surface area contributed by atoms with Crippen molar-refractivity contribution in [3.05, 3.63) is 12.4 Å². The second kappa shape index (κ2) is 5.54. The van der Waals surface area contributed by atoms with Crippen LogP contribution in [0.1, 0.15) is 12.8 Å². The third-order valence-corrected chi connectivity index (χ3v) is 2.70. The number of aromatic nitrogens is 2. The number of hydrogen-bond donors (Lipinski definition) is 1. The molecule has 114 valence electrons. The Morgan fingerprint density at radius 3 is 2.76 bits per heavy atom. The van der Waals surface area contributed by atoms with Crippen LogP contribution < -0.4 is 5.32 Å². The number of nitrogens with one attached hydrogen (secondary N) is 1. The normalized spacial score (nSPS) is 15.9. The predicted molar refractivity (Wildman–Crippen MR) is 66.4 cm³/mol. The van der Waals surface area contributed by atoms with Gasteiger partial charge in [-0.2, -0.15) is 23.4 Å². The Morgan fingerprint density at radius 2 is 2.14 bits per heavy atom. The van der Waals surface area contributed by atoms with E-state index in [1.54, 1.807) is 0 Å². The summed E-state index contributed by atoms with van der Waals surface area (Å²) in [6.07, 6.45) is -1.85. The van der Waals surface area contributed by atoms with Gasteiger partial charge >= 0.3 is 6.18 Å². The van der Waals surface area contributed by atoms with Crippen LogP contribution >= 0.6 is 0 Å². The van der Waals surface area contributed by atoms with Gasteiger partial charge in [-0.15, -0.1) is 0 Å². The molecule has 21 heavy (non-hydrogen) atoms. The van der Waals surface area contributed by atoms with Crippen LogP contribution in [0.3, 0.4) is 0 Å². The number of carbonyl (C=O) groups excluding carboxylic acids is 2. The SMILES string of the molecule is CN1N=C(C(=O)Nc2cnn(CC(F)(F)F)c2)CCC1=O. The Hall–Kier alpha value is -2.39. The lowest BCUT2D eigenvalue weighted by molar-refractivity contribution is -0.142. The van der Waals surface area contributed by atoms with Crippen LogP contribution in [0.15, 0.2) is 17.5 Å². The van der Waals surface area contributed by atoms with Gasteiger partial charge in [-0.25, -0.2) is 5.01 Å². The van der Waals surface area contributed by atoms with Crippen molar-refractivity contribution in [1.82, 2.24) is 14.8 Å². The van der Waals surface area contributed by atoms with Gasteiger partial charge in [0.1, 0.15) is 12.3 Å². The summed E-state index contributed by atoms with van der Waals surface area (Å²) in [5.41, 5.74) is 0.271. The molecule has 7 nitrogen and oxygen atoms in total.